The van der Waals surface area contributed by atoms with Crippen molar-refractivity contribution in [3.63, 3.8) is 0 Å². The van der Waals surface area contributed by atoms with Gasteiger partial charge in [0.25, 0.3) is 0 Å². The normalized spacial score (nSPS) is 19.9. The Morgan fingerprint density at radius 2 is 1.44 bits per heavy atom. The fraction of sp³-hybridized carbons (Fsp3) is 0.333. The van der Waals surface area contributed by atoms with Gasteiger partial charge < -0.3 is 9.64 Å². The predicted octanol–water partition coefficient (Wildman–Crippen LogP) is 7.71. The van der Waals surface area contributed by atoms with Crippen LogP contribution in [-0.4, -0.2) is 18.4 Å². The van der Waals surface area contributed by atoms with Gasteiger partial charge in [-0.3, -0.25) is 4.72 Å². The molecule has 1 aliphatic heterocycles. The maximum atomic E-state index is 14.1. The molecule has 190 valence electrons. The third kappa shape index (κ3) is 5.78. The van der Waals surface area contributed by atoms with Gasteiger partial charge in [-0.05, 0) is 122 Å². The summed E-state index contributed by atoms with van der Waals surface area (Å²) in [6, 6.07) is 15.8. The van der Waals surface area contributed by atoms with Gasteiger partial charge in [0.05, 0.1) is 0 Å². The Balaban J connectivity index is 1.33. The van der Waals surface area contributed by atoms with E-state index in [1.165, 1.54) is 36.2 Å². The molecule has 3 nitrogen and oxygen atoms in total. The molecule has 2 aliphatic rings. The van der Waals surface area contributed by atoms with Crippen molar-refractivity contribution in [2.45, 2.75) is 61.9 Å². The summed E-state index contributed by atoms with van der Waals surface area (Å²) in [5.74, 6) is -0.815. The summed E-state index contributed by atoms with van der Waals surface area (Å²) >= 11 is 1.38. The van der Waals surface area contributed by atoms with Gasteiger partial charge in [0.15, 0.2) is 0 Å². The first-order chi connectivity index (χ1) is 17.2. The molecule has 3 aromatic carbocycles. The molecule has 0 radical (unpaired) electrons. The first-order valence-electron chi connectivity index (χ1n) is 11.9. The molecule has 1 N–H and O–H groups in total. The molecule has 1 fully saturated rings. The number of fused-ring (bicyclic) bond motifs is 2. The lowest BCUT2D eigenvalue weighted by atomic mass is 9.89. The molecule has 1 unspecified atom stereocenters. The van der Waals surface area contributed by atoms with Gasteiger partial charge in [-0.1, -0.05) is 0 Å². The van der Waals surface area contributed by atoms with Gasteiger partial charge in [0.2, 0.25) is 0 Å². The Morgan fingerprint density at radius 1 is 0.833 bits per heavy atom. The fourth-order valence-corrected chi connectivity index (χ4v) is 5.93. The highest BCUT2D eigenvalue weighted by molar-refractivity contribution is 7.97. The van der Waals surface area contributed by atoms with Crippen LogP contribution in [-0.2, 0) is 12.8 Å². The molecular weight excluding hydrogens is 495 g/mol. The average molecular weight is 521 g/mol. The quantitative estimate of drug-likeness (QED) is 0.275. The number of rotatable bonds is 5. The van der Waals surface area contributed by atoms with E-state index >= 15 is 0 Å². The second-order valence-corrected chi connectivity index (χ2v) is 10.1. The lowest BCUT2D eigenvalue weighted by Gasteiger charge is -2.40. The van der Waals surface area contributed by atoms with Crippen LogP contribution in [0.25, 0.3) is 0 Å². The molecule has 9 heteroatoms. The summed E-state index contributed by atoms with van der Waals surface area (Å²) in [7, 11) is 0. The Morgan fingerprint density at radius 3 is 2.03 bits per heavy atom. The fourth-order valence-electron chi connectivity index (χ4n) is 5.14. The molecule has 0 bridgehead atoms. The van der Waals surface area contributed by atoms with E-state index in [1.807, 2.05) is 12.1 Å². The lowest BCUT2D eigenvalue weighted by Crippen LogP contribution is -2.41. The first kappa shape index (κ1) is 24.9. The van der Waals surface area contributed by atoms with Crippen molar-refractivity contribution in [2.24, 2.45) is 0 Å². The Bertz CT molecular complexity index is 1160. The number of halogens is 5. The second kappa shape index (κ2) is 10.3. The van der Waals surface area contributed by atoms with Crippen molar-refractivity contribution in [2.75, 3.05) is 4.90 Å². The number of alkyl halides is 3. The van der Waals surface area contributed by atoms with Crippen molar-refractivity contribution in [3.05, 3.63) is 83.4 Å². The van der Waals surface area contributed by atoms with Crippen molar-refractivity contribution < 1.29 is 26.7 Å². The summed E-state index contributed by atoms with van der Waals surface area (Å²) < 4.78 is 72.7. The first-order valence-corrected chi connectivity index (χ1v) is 12.7. The minimum Gasteiger partial charge on any atom is -0.406 e. The summed E-state index contributed by atoms with van der Waals surface area (Å²) in [6.07, 6.45) is 0.253. The number of nitrogens with zero attached hydrogens (tertiary/aromatic N) is 1. The van der Waals surface area contributed by atoms with Crippen LogP contribution < -0.4 is 14.4 Å². The molecule has 1 heterocycles. The predicted molar refractivity (Wildman–Crippen MR) is 131 cm³/mol. The lowest BCUT2D eigenvalue weighted by molar-refractivity contribution is -0.274. The minimum absolute atomic E-state index is 0.130. The van der Waals surface area contributed by atoms with E-state index in [0.717, 1.165) is 53.1 Å². The molecule has 2 atom stereocenters. The molecular formula is C27H25F5N2OS. The van der Waals surface area contributed by atoms with Crippen LogP contribution in [0.2, 0.25) is 0 Å². The van der Waals surface area contributed by atoms with Crippen LogP contribution in [0.5, 0.6) is 5.75 Å². The van der Waals surface area contributed by atoms with E-state index in [1.54, 1.807) is 24.3 Å². The van der Waals surface area contributed by atoms with Gasteiger partial charge in [-0.25, -0.2) is 8.78 Å². The highest BCUT2D eigenvalue weighted by atomic mass is 32.2. The minimum atomic E-state index is -4.72. The SMILES string of the molecule is Fc1ccc2c(c1)CCc1cc(F)ccc1N2C1CCC[C@H](NSc2ccc(OC(F)(F)F)cc2)C1. The summed E-state index contributed by atoms with van der Waals surface area (Å²) in [5.41, 5.74) is 3.75. The van der Waals surface area contributed by atoms with Crippen molar-refractivity contribution in [1.82, 2.24) is 4.72 Å². The van der Waals surface area contributed by atoms with Crippen LogP contribution >= 0.6 is 11.9 Å². The Kier molecular flexibility index (Phi) is 7.12. The van der Waals surface area contributed by atoms with E-state index < -0.39 is 6.36 Å². The highest BCUT2D eigenvalue weighted by Gasteiger charge is 2.32. The van der Waals surface area contributed by atoms with E-state index in [2.05, 4.69) is 14.4 Å². The second-order valence-electron chi connectivity index (χ2n) is 9.17. The van der Waals surface area contributed by atoms with Gasteiger partial charge >= 0.3 is 6.36 Å². The Hall–Kier alpha value is -2.78. The van der Waals surface area contributed by atoms with E-state index in [4.69, 9.17) is 0 Å². The van der Waals surface area contributed by atoms with E-state index in [0.29, 0.717) is 12.8 Å². The number of benzene rings is 3. The topological polar surface area (TPSA) is 24.5 Å². The van der Waals surface area contributed by atoms with Crippen LogP contribution in [0.15, 0.2) is 65.6 Å². The summed E-state index contributed by atoms with van der Waals surface area (Å²) in [5, 5.41) is 0. The smallest absolute Gasteiger partial charge is 0.406 e. The van der Waals surface area contributed by atoms with Crippen molar-refractivity contribution in [1.29, 1.82) is 0 Å². The maximum Gasteiger partial charge on any atom is 0.573 e. The average Bonchev–Trinajstić information content (AvgIpc) is 2.99. The summed E-state index contributed by atoms with van der Waals surface area (Å²) in [4.78, 5) is 3.03. The number of anilines is 2. The summed E-state index contributed by atoms with van der Waals surface area (Å²) in [6.45, 7) is 0. The molecule has 0 saturated heterocycles. The monoisotopic (exact) mass is 520 g/mol. The Labute approximate surface area is 210 Å². The van der Waals surface area contributed by atoms with E-state index in [-0.39, 0.29) is 29.5 Å². The molecule has 0 spiro atoms. The number of hydrogen-bond acceptors (Lipinski definition) is 4. The number of aryl methyl sites for hydroxylation is 2. The zero-order valence-electron chi connectivity index (χ0n) is 19.3. The molecule has 5 rings (SSSR count). The molecule has 0 aromatic heterocycles. The zero-order valence-corrected chi connectivity index (χ0v) is 20.1. The third-order valence-electron chi connectivity index (χ3n) is 6.68. The van der Waals surface area contributed by atoms with Crippen molar-refractivity contribution >= 4 is 23.3 Å². The number of nitrogens with one attached hydrogen (secondary N) is 1. The van der Waals surface area contributed by atoms with Crippen LogP contribution in [0.3, 0.4) is 0 Å². The third-order valence-corrected chi connectivity index (χ3v) is 7.64. The number of ether oxygens (including phenoxy) is 1. The largest absolute Gasteiger partial charge is 0.573 e. The molecule has 0 amide bonds. The maximum absolute atomic E-state index is 14.1. The molecule has 3 aromatic rings. The standard InChI is InChI=1S/C27H25F5N2OS/c28-19-6-12-25-17(14-19)4-5-18-15-20(29)7-13-26(18)34(25)22-3-1-2-21(16-22)33-36-24-10-8-23(9-11-24)35-27(30,31)32/h6-15,21-22,33H,1-5,16H2/t21-,22?/m0/s1. The van der Waals surface area contributed by atoms with Crippen molar-refractivity contribution in [3.8, 4) is 5.75 Å². The molecule has 1 aliphatic carbocycles. The highest BCUT2D eigenvalue weighted by Crippen LogP contribution is 2.41. The van der Waals surface area contributed by atoms with Gasteiger partial charge in [-0.15, -0.1) is 13.2 Å². The zero-order chi connectivity index (χ0) is 25.3. The number of hydrogen-bond donors (Lipinski definition) is 1. The van der Waals surface area contributed by atoms with E-state index in [9.17, 15) is 22.0 Å². The van der Waals surface area contributed by atoms with Crippen LogP contribution in [0, 0.1) is 11.6 Å². The van der Waals surface area contributed by atoms with Gasteiger partial charge in [-0.2, -0.15) is 0 Å². The molecule has 36 heavy (non-hydrogen) atoms. The van der Waals surface area contributed by atoms with Gasteiger partial charge in [0.1, 0.15) is 17.4 Å². The van der Waals surface area contributed by atoms with Gasteiger partial charge in [0, 0.05) is 28.4 Å². The van der Waals surface area contributed by atoms with Crippen LogP contribution in [0.1, 0.15) is 36.8 Å². The van der Waals surface area contributed by atoms with Crippen LogP contribution in [0.4, 0.5) is 33.3 Å². The molecule has 1 saturated carbocycles.